The molecule has 13 heteroatoms. The molecule has 3 rings (SSSR count). The Bertz CT molecular complexity index is 1240. The Labute approximate surface area is 195 Å². The number of carbonyl (C=O) groups is 2. The largest absolute Gasteiger partial charge is 0.472 e. The molecule has 0 aliphatic carbocycles. The highest BCUT2D eigenvalue weighted by atomic mass is 32.2. The molecular formula is C21H21F3N4O5S. The first-order valence-electron chi connectivity index (χ1n) is 9.94. The minimum Gasteiger partial charge on any atom is -0.472 e. The maximum absolute atomic E-state index is 13.2. The molecule has 0 fully saturated rings. The topological polar surface area (TPSA) is 141 Å². The number of nitrogens with zero attached hydrogens (tertiary/aromatic N) is 3. The lowest BCUT2D eigenvalue weighted by Gasteiger charge is -2.13. The second kappa shape index (κ2) is 9.99. The maximum Gasteiger partial charge on any atom is 0.416 e. The van der Waals surface area contributed by atoms with Crippen LogP contribution in [-0.2, 0) is 23.9 Å². The van der Waals surface area contributed by atoms with Crippen LogP contribution in [0.1, 0.15) is 34.1 Å². The van der Waals surface area contributed by atoms with Gasteiger partial charge in [0, 0.05) is 12.2 Å². The Morgan fingerprint density at radius 3 is 2.53 bits per heavy atom. The summed E-state index contributed by atoms with van der Waals surface area (Å²) in [5.74, 6) is -2.50. The average molecular weight is 498 g/mol. The number of benzene rings is 1. The van der Waals surface area contributed by atoms with E-state index in [0.717, 1.165) is 23.9 Å². The third kappa shape index (κ3) is 5.16. The number of alkyl halides is 3. The Morgan fingerprint density at radius 2 is 1.97 bits per heavy atom. The lowest BCUT2D eigenvalue weighted by molar-refractivity contribution is -0.137. The highest BCUT2D eigenvalue weighted by Crippen LogP contribution is 2.35. The van der Waals surface area contributed by atoms with Gasteiger partial charge in [0.25, 0.3) is 11.7 Å². The second-order valence-corrected chi connectivity index (χ2v) is 7.93. The number of primary amides is 1. The van der Waals surface area contributed by atoms with Crippen molar-refractivity contribution in [3.05, 3.63) is 46.6 Å². The minimum absolute atomic E-state index is 0.00563. The van der Waals surface area contributed by atoms with Gasteiger partial charge in [0.1, 0.15) is 12.3 Å². The molecule has 0 saturated carbocycles. The quantitative estimate of drug-likeness (QED) is 0.134. The van der Waals surface area contributed by atoms with Crippen LogP contribution in [0.4, 0.5) is 13.2 Å². The number of Topliss-reactive ketones (excluding diaryl/α,β-unsaturated/α-hetero) is 1. The van der Waals surface area contributed by atoms with Crippen LogP contribution in [0.5, 0.6) is 5.88 Å². The summed E-state index contributed by atoms with van der Waals surface area (Å²) in [5, 5.41) is 18.6. The van der Waals surface area contributed by atoms with Gasteiger partial charge in [0.2, 0.25) is 5.88 Å². The van der Waals surface area contributed by atoms with Gasteiger partial charge in [-0.05, 0) is 30.4 Å². The molecule has 2 heterocycles. The van der Waals surface area contributed by atoms with Gasteiger partial charge in [0.15, 0.2) is 11.4 Å². The van der Waals surface area contributed by atoms with E-state index in [2.05, 4.69) is 9.97 Å². The van der Waals surface area contributed by atoms with Crippen LogP contribution in [-0.4, -0.2) is 55.6 Å². The van der Waals surface area contributed by atoms with E-state index in [1.54, 1.807) is 13.2 Å². The third-order valence-electron chi connectivity index (χ3n) is 4.89. The SMILES string of the molecule is CCc1c(C(=O)C(N)=O)c2c(OCC(O)O)nc(SC)nc2n1Cc1cccc(C(F)(F)F)c1. The maximum atomic E-state index is 13.2. The van der Waals surface area contributed by atoms with Gasteiger partial charge in [0.05, 0.1) is 16.5 Å². The monoisotopic (exact) mass is 498 g/mol. The van der Waals surface area contributed by atoms with Gasteiger partial charge < -0.3 is 25.3 Å². The minimum atomic E-state index is -4.55. The van der Waals surface area contributed by atoms with Crippen LogP contribution in [0.25, 0.3) is 11.0 Å². The molecule has 34 heavy (non-hydrogen) atoms. The average Bonchev–Trinajstić information content (AvgIpc) is 3.09. The van der Waals surface area contributed by atoms with Crippen molar-refractivity contribution in [1.82, 2.24) is 14.5 Å². The van der Waals surface area contributed by atoms with Gasteiger partial charge in [-0.1, -0.05) is 30.8 Å². The number of hydrogen-bond acceptors (Lipinski definition) is 8. The van der Waals surface area contributed by atoms with Gasteiger partial charge in [-0.2, -0.15) is 18.2 Å². The number of ketones is 1. The van der Waals surface area contributed by atoms with Gasteiger partial charge in [-0.25, -0.2) is 4.98 Å². The molecule has 0 bridgehead atoms. The Hall–Kier alpha value is -3.16. The van der Waals surface area contributed by atoms with E-state index in [4.69, 9.17) is 10.5 Å². The fourth-order valence-corrected chi connectivity index (χ4v) is 3.87. The number of aliphatic hydroxyl groups is 2. The summed E-state index contributed by atoms with van der Waals surface area (Å²) >= 11 is 1.12. The molecule has 0 atom stereocenters. The highest BCUT2D eigenvalue weighted by molar-refractivity contribution is 7.98. The van der Waals surface area contributed by atoms with E-state index in [1.165, 1.54) is 16.7 Å². The Kier molecular flexibility index (Phi) is 7.48. The summed E-state index contributed by atoms with van der Waals surface area (Å²) in [6.45, 7) is 0.989. The Balaban J connectivity index is 2.32. The fraction of sp³-hybridized carbons (Fsp3) is 0.333. The molecule has 0 aliphatic rings. The van der Waals surface area contributed by atoms with E-state index in [9.17, 15) is 33.0 Å². The molecule has 0 aliphatic heterocycles. The second-order valence-electron chi connectivity index (χ2n) is 7.16. The summed E-state index contributed by atoms with van der Waals surface area (Å²) in [5.41, 5.74) is 4.96. The van der Waals surface area contributed by atoms with Crippen molar-refractivity contribution in [2.75, 3.05) is 12.9 Å². The number of fused-ring (bicyclic) bond motifs is 1. The van der Waals surface area contributed by atoms with Crippen molar-refractivity contribution in [1.29, 1.82) is 0 Å². The third-order valence-corrected chi connectivity index (χ3v) is 5.44. The zero-order valence-electron chi connectivity index (χ0n) is 18.1. The smallest absolute Gasteiger partial charge is 0.416 e. The first kappa shape index (κ1) is 25.5. The summed E-state index contributed by atoms with van der Waals surface area (Å²) in [7, 11) is 0. The zero-order chi connectivity index (χ0) is 25.2. The van der Waals surface area contributed by atoms with Crippen LogP contribution < -0.4 is 10.5 Å². The van der Waals surface area contributed by atoms with E-state index in [-0.39, 0.29) is 51.9 Å². The molecular weight excluding hydrogens is 477 g/mol. The number of halogens is 3. The van der Waals surface area contributed by atoms with E-state index >= 15 is 0 Å². The number of aromatic nitrogens is 3. The summed E-state index contributed by atoms with van der Waals surface area (Å²) in [6.07, 6.45) is -4.53. The molecule has 4 N–H and O–H groups in total. The molecule has 0 radical (unpaired) electrons. The number of carbonyl (C=O) groups excluding carboxylic acids is 2. The van der Waals surface area contributed by atoms with Crippen LogP contribution in [0, 0.1) is 0 Å². The van der Waals surface area contributed by atoms with E-state index in [1.807, 2.05) is 0 Å². The van der Waals surface area contributed by atoms with E-state index in [0.29, 0.717) is 0 Å². The summed E-state index contributed by atoms with van der Waals surface area (Å²) in [4.78, 5) is 33.2. The lowest BCUT2D eigenvalue weighted by atomic mass is 10.1. The first-order chi connectivity index (χ1) is 16.0. The molecule has 0 saturated heterocycles. The molecule has 1 aromatic carbocycles. The van der Waals surface area contributed by atoms with Crippen molar-refractivity contribution in [2.24, 2.45) is 5.73 Å². The molecule has 9 nitrogen and oxygen atoms in total. The molecule has 3 aromatic rings. The van der Waals surface area contributed by atoms with Crippen molar-refractivity contribution < 1.29 is 37.7 Å². The molecule has 1 amide bonds. The molecule has 2 aromatic heterocycles. The predicted octanol–water partition coefficient (Wildman–Crippen LogP) is 2.14. The fourth-order valence-electron chi connectivity index (χ4n) is 3.51. The predicted molar refractivity (Wildman–Crippen MR) is 116 cm³/mol. The zero-order valence-corrected chi connectivity index (χ0v) is 18.9. The number of amides is 1. The normalized spacial score (nSPS) is 11.9. The number of hydrogen-bond donors (Lipinski definition) is 3. The number of rotatable bonds is 9. The molecule has 182 valence electrons. The summed E-state index contributed by atoms with van der Waals surface area (Å²) in [6, 6.07) is 4.69. The number of ether oxygens (including phenoxy) is 1. The Morgan fingerprint density at radius 1 is 1.26 bits per heavy atom. The van der Waals surface area contributed by atoms with Gasteiger partial charge in [-0.15, -0.1) is 0 Å². The first-order valence-corrected chi connectivity index (χ1v) is 11.2. The van der Waals surface area contributed by atoms with Crippen molar-refractivity contribution in [3.8, 4) is 5.88 Å². The molecule has 0 unspecified atom stereocenters. The lowest BCUT2D eigenvalue weighted by Crippen LogP contribution is -2.24. The summed E-state index contributed by atoms with van der Waals surface area (Å²) < 4.78 is 46.6. The van der Waals surface area contributed by atoms with Crippen LogP contribution in [0.3, 0.4) is 0 Å². The van der Waals surface area contributed by atoms with E-state index < -0.39 is 36.3 Å². The van der Waals surface area contributed by atoms with Crippen molar-refractivity contribution >= 4 is 34.5 Å². The number of aliphatic hydroxyl groups excluding tert-OH is 1. The van der Waals surface area contributed by atoms with Crippen LogP contribution in [0.15, 0.2) is 29.4 Å². The highest BCUT2D eigenvalue weighted by Gasteiger charge is 2.32. The van der Waals surface area contributed by atoms with Crippen LogP contribution in [0.2, 0.25) is 0 Å². The van der Waals surface area contributed by atoms with Gasteiger partial charge >= 0.3 is 6.18 Å². The standard InChI is InChI=1S/C21H21F3N4O5S/c1-3-12-14(16(31)17(25)32)15-18(26-20(34-2)27-19(15)33-9-13(29)30)28(12)8-10-5-4-6-11(7-10)21(22,23)24/h4-7,13,29-30H,3,8-9H2,1-2H3,(H2,25,32). The van der Waals surface area contributed by atoms with Crippen molar-refractivity contribution in [3.63, 3.8) is 0 Å². The van der Waals surface area contributed by atoms with Crippen molar-refractivity contribution in [2.45, 2.75) is 37.5 Å². The number of thioether (sulfide) groups is 1. The molecule has 0 spiro atoms. The van der Waals surface area contributed by atoms with Gasteiger partial charge in [-0.3, -0.25) is 9.59 Å². The van der Waals surface area contributed by atoms with Crippen LogP contribution >= 0.6 is 11.8 Å². The number of nitrogens with two attached hydrogens (primary N) is 1.